The first-order valence-electron chi connectivity index (χ1n) is 6.88. The van der Waals surface area contributed by atoms with Crippen LogP contribution in [0, 0.1) is 0 Å². The van der Waals surface area contributed by atoms with E-state index in [9.17, 15) is 9.59 Å². The number of rotatable bonds is 5. The second-order valence-corrected chi connectivity index (χ2v) is 6.71. The first kappa shape index (κ1) is 17.8. The first-order valence-corrected chi connectivity index (χ1v) is 8.52. The van der Waals surface area contributed by atoms with Crippen LogP contribution in [0.15, 0.2) is 35.7 Å². The number of esters is 1. The van der Waals surface area contributed by atoms with E-state index in [2.05, 4.69) is 5.32 Å². The average molecular weight is 372 g/mol. The van der Waals surface area contributed by atoms with Crippen molar-refractivity contribution >= 4 is 46.4 Å². The van der Waals surface area contributed by atoms with Gasteiger partial charge in [0, 0.05) is 10.0 Å². The Labute approximate surface area is 148 Å². The topological polar surface area (TPSA) is 55.4 Å². The molecule has 0 aliphatic heterocycles. The van der Waals surface area contributed by atoms with E-state index in [1.54, 1.807) is 42.6 Å². The monoisotopic (exact) mass is 371 g/mol. The van der Waals surface area contributed by atoms with Gasteiger partial charge in [-0.3, -0.25) is 4.79 Å². The maximum Gasteiger partial charge on any atom is 0.349 e. The van der Waals surface area contributed by atoms with Gasteiger partial charge in [0.25, 0.3) is 5.91 Å². The van der Waals surface area contributed by atoms with E-state index in [1.807, 2.05) is 0 Å². The van der Waals surface area contributed by atoms with E-state index < -0.39 is 18.0 Å². The van der Waals surface area contributed by atoms with Gasteiger partial charge in [0.1, 0.15) is 4.88 Å². The van der Waals surface area contributed by atoms with Gasteiger partial charge in [0.05, 0.1) is 6.04 Å². The van der Waals surface area contributed by atoms with Crippen LogP contribution in [0.25, 0.3) is 0 Å². The second-order valence-electron chi connectivity index (χ2n) is 4.92. The quantitative estimate of drug-likeness (QED) is 0.788. The molecule has 0 unspecified atom stereocenters. The number of carbonyl (C=O) groups is 2. The van der Waals surface area contributed by atoms with Crippen molar-refractivity contribution in [2.75, 3.05) is 0 Å². The lowest BCUT2D eigenvalue weighted by Crippen LogP contribution is -2.37. The lowest BCUT2D eigenvalue weighted by atomic mass is 10.1. The van der Waals surface area contributed by atoms with Gasteiger partial charge in [-0.1, -0.05) is 35.3 Å². The van der Waals surface area contributed by atoms with E-state index in [-0.39, 0.29) is 6.04 Å². The van der Waals surface area contributed by atoms with Gasteiger partial charge < -0.3 is 10.1 Å². The molecule has 7 heteroatoms. The molecule has 0 aliphatic carbocycles. The van der Waals surface area contributed by atoms with E-state index >= 15 is 0 Å². The summed E-state index contributed by atoms with van der Waals surface area (Å²) < 4.78 is 5.15. The fourth-order valence-corrected chi connectivity index (χ4v) is 3.11. The highest BCUT2D eigenvalue weighted by molar-refractivity contribution is 7.11. The lowest BCUT2D eigenvalue weighted by Gasteiger charge is -2.19. The number of halogens is 2. The van der Waals surface area contributed by atoms with E-state index in [0.717, 1.165) is 5.56 Å². The summed E-state index contributed by atoms with van der Waals surface area (Å²) in [6, 6.07) is 8.12. The van der Waals surface area contributed by atoms with Crippen molar-refractivity contribution in [2.45, 2.75) is 26.0 Å². The van der Waals surface area contributed by atoms with Gasteiger partial charge in [-0.05, 0) is 43.0 Å². The van der Waals surface area contributed by atoms with Gasteiger partial charge in [-0.25, -0.2) is 4.79 Å². The largest absolute Gasteiger partial charge is 0.448 e. The molecule has 2 rings (SSSR count). The SMILES string of the molecule is C[C@H](OC(=O)c1cccs1)C(=O)N[C@@H](C)c1ccc(Cl)cc1Cl. The Morgan fingerprint density at radius 2 is 1.96 bits per heavy atom. The maximum absolute atomic E-state index is 12.2. The van der Waals surface area contributed by atoms with Crippen molar-refractivity contribution in [1.29, 1.82) is 0 Å². The van der Waals surface area contributed by atoms with E-state index in [0.29, 0.717) is 14.9 Å². The average Bonchev–Trinajstić information content (AvgIpc) is 3.01. The third kappa shape index (κ3) is 4.70. The third-order valence-corrected chi connectivity index (χ3v) is 4.58. The van der Waals surface area contributed by atoms with Crippen LogP contribution in [-0.2, 0) is 9.53 Å². The maximum atomic E-state index is 12.2. The molecular weight excluding hydrogens is 357 g/mol. The minimum absolute atomic E-state index is 0.338. The van der Waals surface area contributed by atoms with Crippen LogP contribution < -0.4 is 5.32 Å². The highest BCUT2D eigenvalue weighted by atomic mass is 35.5. The molecule has 1 aromatic carbocycles. The lowest BCUT2D eigenvalue weighted by molar-refractivity contribution is -0.129. The Morgan fingerprint density at radius 3 is 2.57 bits per heavy atom. The van der Waals surface area contributed by atoms with Crippen LogP contribution in [0.4, 0.5) is 0 Å². The molecular formula is C16H15Cl2NO3S. The van der Waals surface area contributed by atoms with Crippen molar-refractivity contribution in [1.82, 2.24) is 5.32 Å². The summed E-state index contributed by atoms with van der Waals surface area (Å²) in [6.45, 7) is 3.32. The van der Waals surface area contributed by atoms with Crippen molar-refractivity contribution in [3.63, 3.8) is 0 Å². The number of hydrogen-bond donors (Lipinski definition) is 1. The Hall–Kier alpha value is -1.56. The van der Waals surface area contributed by atoms with Crippen LogP contribution in [-0.4, -0.2) is 18.0 Å². The zero-order chi connectivity index (χ0) is 17.0. The molecule has 0 saturated carbocycles. The number of hydrogen-bond acceptors (Lipinski definition) is 4. The summed E-state index contributed by atoms with van der Waals surface area (Å²) in [5.41, 5.74) is 0.737. The summed E-state index contributed by atoms with van der Waals surface area (Å²) in [7, 11) is 0. The predicted octanol–water partition coefficient (Wildman–Crippen LogP) is 4.48. The number of thiophene rings is 1. The molecule has 2 atom stereocenters. The van der Waals surface area contributed by atoms with E-state index in [4.69, 9.17) is 27.9 Å². The Morgan fingerprint density at radius 1 is 1.22 bits per heavy atom. The predicted molar refractivity (Wildman–Crippen MR) is 92.2 cm³/mol. The molecule has 1 aromatic heterocycles. The zero-order valence-electron chi connectivity index (χ0n) is 12.5. The van der Waals surface area contributed by atoms with Crippen molar-refractivity contribution in [3.05, 3.63) is 56.2 Å². The number of nitrogens with one attached hydrogen (secondary N) is 1. The van der Waals surface area contributed by atoms with Crippen LogP contribution in [0.2, 0.25) is 10.0 Å². The molecule has 2 aromatic rings. The summed E-state index contributed by atoms with van der Waals surface area (Å²) in [4.78, 5) is 24.5. The summed E-state index contributed by atoms with van der Waals surface area (Å²) in [5, 5.41) is 5.53. The normalized spacial score (nSPS) is 13.2. The fraction of sp³-hybridized carbons (Fsp3) is 0.250. The van der Waals surface area contributed by atoms with Crippen LogP contribution in [0.1, 0.15) is 35.1 Å². The summed E-state index contributed by atoms with van der Waals surface area (Å²) in [5.74, 6) is -0.909. The molecule has 0 saturated heterocycles. The molecule has 122 valence electrons. The molecule has 0 radical (unpaired) electrons. The molecule has 1 heterocycles. The van der Waals surface area contributed by atoms with Crippen LogP contribution in [0.5, 0.6) is 0 Å². The minimum atomic E-state index is -0.905. The smallest absolute Gasteiger partial charge is 0.349 e. The van der Waals surface area contributed by atoms with E-state index in [1.165, 1.54) is 18.3 Å². The number of amides is 1. The zero-order valence-corrected chi connectivity index (χ0v) is 14.8. The standard InChI is InChI=1S/C16H15Cl2NO3S/c1-9(12-6-5-11(17)8-13(12)18)19-15(20)10(2)22-16(21)14-4-3-7-23-14/h3-10H,1-2H3,(H,19,20)/t9-,10-/m0/s1. The van der Waals surface area contributed by atoms with Crippen molar-refractivity contribution in [2.24, 2.45) is 0 Å². The molecule has 4 nitrogen and oxygen atoms in total. The summed E-state index contributed by atoms with van der Waals surface area (Å²) in [6.07, 6.45) is -0.905. The second kappa shape index (κ2) is 7.81. The molecule has 1 N–H and O–H groups in total. The number of carbonyl (C=O) groups excluding carboxylic acids is 2. The third-order valence-electron chi connectivity index (χ3n) is 3.16. The van der Waals surface area contributed by atoms with Gasteiger partial charge in [0.15, 0.2) is 6.10 Å². The van der Waals surface area contributed by atoms with Crippen molar-refractivity contribution in [3.8, 4) is 0 Å². The van der Waals surface area contributed by atoms with Gasteiger partial charge >= 0.3 is 5.97 Å². The molecule has 0 bridgehead atoms. The first-order chi connectivity index (χ1) is 10.9. The van der Waals surface area contributed by atoms with Crippen LogP contribution >= 0.6 is 34.5 Å². The minimum Gasteiger partial charge on any atom is -0.448 e. The number of benzene rings is 1. The Kier molecular flexibility index (Phi) is 6.04. The van der Waals surface area contributed by atoms with Gasteiger partial charge in [-0.15, -0.1) is 11.3 Å². The highest BCUT2D eigenvalue weighted by Gasteiger charge is 2.22. The molecule has 23 heavy (non-hydrogen) atoms. The molecule has 0 aliphatic rings. The Balaban J connectivity index is 1.96. The molecule has 0 spiro atoms. The van der Waals surface area contributed by atoms with Crippen molar-refractivity contribution < 1.29 is 14.3 Å². The molecule has 1 amide bonds. The Bertz CT molecular complexity index is 703. The molecule has 0 fully saturated rings. The van der Waals surface area contributed by atoms with Gasteiger partial charge in [-0.2, -0.15) is 0 Å². The van der Waals surface area contributed by atoms with Crippen LogP contribution in [0.3, 0.4) is 0 Å². The summed E-state index contributed by atoms with van der Waals surface area (Å²) >= 11 is 13.2. The van der Waals surface area contributed by atoms with Gasteiger partial charge in [0.2, 0.25) is 0 Å². The fourth-order valence-electron chi connectivity index (χ4n) is 1.93. The highest BCUT2D eigenvalue weighted by Crippen LogP contribution is 2.26. The number of ether oxygens (including phenoxy) is 1.